The Kier molecular flexibility index (Phi) is 2.10. The van der Waals surface area contributed by atoms with Crippen molar-refractivity contribution < 1.29 is 19.4 Å². The average molecular weight is 210 g/mol. The Labute approximate surface area is 87.9 Å². The standard InChI is InChI=1S/C11H14O4/c1-11-4-3-6(5-11)7(10(14)15-2)8(11)9(12)13/h3-4,6-8H,5H2,1-2H3,(H,12,13). The van der Waals surface area contributed by atoms with Crippen LogP contribution in [-0.2, 0) is 14.3 Å². The van der Waals surface area contributed by atoms with E-state index in [9.17, 15) is 14.7 Å². The lowest BCUT2D eigenvalue weighted by atomic mass is 9.75. The number of esters is 1. The molecule has 0 radical (unpaired) electrons. The Morgan fingerprint density at radius 1 is 1.53 bits per heavy atom. The highest BCUT2D eigenvalue weighted by Gasteiger charge is 2.58. The van der Waals surface area contributed by atoms with Gasteiger partial charge in [-0.25, -0.2) is 0 Å². The molecular weight excluding hydrogens is 196 g/mol. The predicted octanol–water partition coefficient (Wildman–Crippen LogP) is 1.07. The number of ether oxygens (including phenoxy) is 1. The van der Waals surface area contributed by atoms with E-state index in [2.05, 4.69) is 4.74 Å². The number of hydrogen-bond donors (Lipinski definition) is 1. The van der Waals surface area contributed by atoms with Gasteiger partial charge in [-0.05, 0) is 12.3 Å². The summed E-state index contributed by atoms with van der Waals surface area (Å²) in [7, 11) is 1.30. The van der Waals surface area contributed by atoms with E-state index in [1.54, 1.807) is 0 Å². The molecule has 0 aromatic rings. The van der Waals surface area contributed by atoms with Gasteiger partial charge in [0.1, 0.15) is 0 Å². The lowest BCUT2D eigenvalue weighted by molar-refractivity contribution is -0.157. The topological polar surface area (TPSA) is 63.6 Å². The minimum atomic E-state index is -0.903. The second-order valence-corrected chi connectivity index (χ2v) is 4.60. The number of allylic oxidation sites excluding steroid dienone is 2. The molecule has 0 aromatic carbocycles. The summed E-state index contributed by atoms with van der Waals surface area (Å²) in [5.41, 5.74) is -0.380. The highest BCUT2D eigenvalue weighted by Crippen LogP contribution is 2.56. The van der Waals surface area contributed by atoms with Gasteiger partial charge in [0.2, 0.25) is 0 Å². The fourth-order valence-electron chi connectivity index (χ4n) is 3.00. The molecule has 4 unspecified atom stereocenters. The zero-order chi connectivity index (χ0) is 11.2. The van der Waals surface area contributed by atoms with E-state index in [0.717, 1.165) is 6.42 Å². The fraction of sp³-hybridized carbons (Fsp3) is 0.636. The number of carbonyl (C=O) groups is 2. The van der Waals surface area contributed by atoms with E-state index in [1.807, 2.05) is 19.1 Å². The normalized spacial score (nSPS) is 41.9. The third kappa shape index (κ3) is 1.28. The zero-order valence-corrected chi connectivity index (χ0v) is 8.77. The highest BCUT2D eigenvalue weighted by molar-refractivity contribution is 5.84. The van der Waals surface area contributed by atoms with Crippen molar-refractivity contribution in [2.45, 2.75) is 13.3 Å². The summed E-state index contributed by atoms with van der Waals surface area (Å²) >= 11 is 0. The van der Waals surface area contributed by atoms with Gasteiger partial charge in [0.05, 0.1) is 18.9 Å². The molecule has 2 aliphatic rings. The Morgan fingerprint density at radius 2 is 2.20 bits per heavy atom. The fourth-order valence-corrected chi connectivity index (χ4v) is 3.00. The Bertz CT molecular complexity index is 346. The van der Waals surface area contributed by atoms with Crippen molar-refractivity contribution in [3.63, 3.8) is 0 Å². The van der Waals surface area contributed by atoms with Crippen LogP contribution < -0.4 is 0 Å². The van der Waals surface area contributed by atoms with Gasteiger partial charge in [-0.1, -0.05) is 19.1 Å². The molecular formula is C11H14O4. The number of aliphatic carboxylic acids is 1. The molecule has 0 spiro atoms. The maximum atomic E-state index is 11.5. The minimum Gasteiger partial charge on any atom is -0.481 e. The van der Waals surface area contributed by atoms with Crippen LogP contribution in [0.25, 0.3) is 0 Å². The van der Waals surface area contributed by atoms with Gasteiger partial charge in [0, 0.05) is 5.41 Å². The van der Waals surface area contributed by atoms with Gasteiger partial charge in [0.15, 0.2) is 0 Å². The van der Waals surface area contributed by atoms with Crippen molar-refractivity contribution in [2.75, 3.05) is 7.11 Å². The van der Waals surface area contributed by atoms with Crippen molar-refractivity contribution in [2.24, 2.45) is 23.2 Å². The third-order valence-electron chi connectivity index (χ3n) is 3.67. The molecule has 4 heteroatoms. The first-order valence-electron chi connectivity index (χ1n) is 4.99. The van der Waals surface area contributed by atoms with Crippen LogP contribution in [-0.4, -0.2) is 24.2 Å². The van der Waals surface area contributed by atoms with Gasteiger partial charge in [-0.3, -0.25) is 9.59 Å². The lowest BCUT2D eigenvalue weighted by Gasteiger charge is -2.28. The Hall–Kier alpha value is -1.32. The second-order valence-electron chi connectivity index (χ2n) is 4.60. The first-order valence-corrected chi connectivity index (χ1v) is 4.99. The number of fused-ring (bicyclic) bond motifs is 2. The van der Waals surface area contributed by atoms with Gasteiger partial charge in [0.25, 0.3) is 0 Å². The molecule has 0 saturated heterocycles. The first-order chi connectivity index (χ1) is 6.99. The minimum absolute atomic E-state index is 0.0311. The van der Waals surface area contributed by atoms with E-state index in [0.29, 0.717) is 0 Å². The summed E-state index contributed by atoms with van der Waals surface area (Å²) in [6.07, 6.45) is 4.61. The highest BCUT2D eigenvalue weighted by atomic mass is 16.5. The monoisotopic (exact) mass is 210 g/mol. The molecule has 1 saturated carbocycles. The van der Waals surface area contributed by atoms with E-state index in [1.165, 1.54) is 7.11 Å². The van der Waals surface area contributed by atoms with Gasteiger partial charge in [-0.2, -0.15) is 0 Å². The van der Waals surface area contributed by atoms with E-state index < -0.39 is 23.8 Å². The summed E-state index contributed by atoms with van der Waals surface area (Å²) in [6.45, 7) is 1.89. The number of carboxylic acid groups (broad SMARTS) is 1. The number of methoxy groups -OCH3 is 1. The molecule has 2 aliphatic carbocycles. The lowest BCUT2D eigenvalue weighted by Crippen LogP contribution is -2.37. The van der Waals surface area contributed by atoms with E-state index >= 15 is 0 Å². The quantitative estimate of drug-likeness (QED) is 0.547. The molecule has 4 atom stereocenters. The van der Waals surface area contributed by atoms with Crippen molar-refractivity contribution >= 4 is 11.9 Å². The molecule has 0 amide bonds. The van der Waals surface area contributed by atoms with Crippen LogP contribution in [0.1, 0.15) is 13.3 Å². The zero-order valence-electron chi connectivity index (χ0n) is 8.77. The van der Waals surface area contributed by atoms with Crippen LogP contribution >= 0.6 is 0 Å². The van der Waals surface area contributed by atoms with E-state index in [4.69, 9.17) is 0 Å². The molecule has 2 bridgehead atoms. The van der Waals surface area contributed by atoms with Crippen LogP contribution in [0.3, 0.4) is 0 Å². The summed E-state index contributed by atoms with van der Waals surface area (Å²) in [4.78, 5) is 22.7. The smallest absolute Gasteiger partial charge is 0.310 e. The predicted molar refractivity (Wildman–Crippen MR) is 52.0 cm³/mol. The SMILES string of the molecule is COC(=O)C1C2C=CC(C)(C2)C1C(=O)O. The molecule has 0 aliphatic heterocycles. The van der Waals surface area contributed by atoms with Crippen LogP contribution in [0.2, 0.25) is 0 Å². The number of carbonyl (C=O) groups excluding carboxylic acids is 1. The maximum absolute atomic E-state index is 11.5. The second kappa shape index (κ2) is 3.08. The van der Waals surface area contributed by atoms with Crippen LogP contribution in [0, 0.1) is 23.2 Å². The van der Waals surface area contributed by atoms with E-state index in [-0.39, 0.29) is 11.3 Å². The van der Waals surface area contributed by atoms with Gasteiger partial charge >= 0.3 is 11.9 Å². The van der Waals surface area contributed by atoms with Crippen molar-refractivity contribution in [1.29, 1.82) is 0 Å². The summed E-state index contributed by atoms with van der Waals surface area (Å²) in [6, 6.07) is 0. The van der Waals surface area contributed by atoms with Crippen LogP contribution in [0.4, 0.5) is 0 Å². The summed E-state index contributed by atoms with van der Waals surface area (Å²) in [5.74, 6) is -2.42. The average Bonchev–Trinajstić information content (AvgIpc) is 2.68. The Balaban J connectivity index is 2.36. The summed E-state index contributed by atoms with van der Waals surface area (Å²) < 4.78 is 4.68. The van der Waals surface area contributed by atoms with Crippen LogP contribution in [0.15, 0.2) is 12.2 Å². The molecule has 2 rings (SSSR count). The van der Waals surface area contributed by atoms with Crippen molar-refractivity contribution in [3.05, 3.63) is 12.2 Å². The molecule has 1 fully saturated rings. The molecule has 0 aromatic heterocycles. The molecule has 1 N–H and O–H groups in total. The van der Waals surface area contributed by atoms with Crippen molar-refractivity contribution in [1.82, 2.24) is 0 Å². The molecule has 82 valence electrons. The molecule has 4 nitrogen and oxygen atoms in total. The van der Waals surface area contributed by atoms with Gasteiger partial charge in [-0.15, -0.1) is 0 Å². The molecule has 15 heavy (non-hydrogen) atoms. The number of rotatable bonds is 2. The van der Waals surface area contributed by atoms with Crippen molar-refractivity contribution in [3.8, 4) is 0 Å². The molecule has 0 heterocycles. The first kappa shape index (κ1) is 10.2. The number of hydrogen-bond acceptors (Lipinski definition) is 3. The third-order valence-corrected chi connectivity index (χ3v) is 3.67. The largest absolute Gasteiger partial charge is 0.481 e. The van der Waals surface area contributed by atoms with Gasteiger partial charge < -0.3 is 9.84 Å². The summed E-state index contributed by atoms with van der Waals surface area (Å²) in [5, 5.41) is 9.17. The van der Waals surface area contributed by atoms with Crippen LogP contribution in [0.5, 0.6) is 0 Å². The Morgan fingerprint density at radius 3 is 2.73 bits per heavy atom. The number of carboxylic acids is 1. The maximum Gasteiger partial charge on any atom is 0.310 e.